The van der Waals surface area contributed by atoms with E-state index in [4.69, 9.17) is 10.5 Å². The molecule has 0 aliphatic heterocycles. The van der Waals surface area contributed by atoms with Gasteiger partial charge in [0.05, 0.1) is 19.3 Å². The van der Waals surface area contributed by atoms with Crippen molar-refractivity contribution in [1.29, 1.82) is 0 Å². The molecule has 19 heavy (non-hydrogen) atoms. The maximum Gasteiger partial charge on any atom is 0.165 e. The molecule has 0 spiro atoms. The lowest BCUT2D eigenvalue weighted by Gasteiger charge is -2.30. The monoisotopic (exact) mass is 267 g/mol. The lowest BCUT2D eigenvalue weighted by atomic mass is 9.81. The van der Waals surface area contributed by atoms with Gasteiger partial charge < -0.3 is 15.6 Å². The second-order valence-electron chi connectivity index (χ2n) is 5.31. The number of methoxy groups -OCH3 is 1. The number of nitrogens with two attached hydrogens (primary N) is 1. The van der Waals surface area contributed by atoms with Crippen molar-refractivity contribution < 1.29 is 14.2 Å². The van der Waals surface area contributed by atoms with Gasteiger partial charge in [0.1, 0.15) is 0 Å². The Hall–Kier alpha value is -1.13. The maximum absolute atomic E-state index is 13.4. The molecule has 0 aromatic heterocycles. The number of aliphatic hydroxyl groups excluding tert-OH is 1. The fraction of sp³-hybridized carbons (Fsp3) is 0.600. The summed E-state index contributed by atoms with van der Waals surface area (Å²) in [6.07, 6.45) is 5.02. The van der Waals surface area contributed by atoms with Crippen LogP contribution in [0.2, 0.25) is 0 Å². The fourth-order valence-electron chi connectivity index (χ4n) is 2.85. The van der Waals surface area contributed by atoms with E-state index in [9.17, 15) is 9.50 Å². The van der Waals surface area contributed by atoms with Crippen LogP contribution >= 0.6 is 0 Å². The lowest BCUT2D eigenvalue weighted by molar-refractivity contribution is 0.0617. The average Bonchev–Trinajstić information content (AvgIpc) is 2.47. The minimum absolute atomic E-state index is 0.170. The Morgan fingerprint density at radius 1 is 1.32 bits per heavy atom. The Bertz CT molecular complexity index is 419. The predicted molar refractivity (Wildman–Crippen MR) is 72.5 cm³/mol. The first-order valence-electron chi connectivity index (χ1n) is 6.90. The Morgan fingerprint density at radius 3 is 2.63 bits per heavy atom. The zero-order valence-electron chi connectivity index (χ0n) is 11.3. The number of halogens is 1. The van der Waals surface area contributed by atoms with Crippen LogP contribution < -0.4 is 10.5 Å². The number of hydrogen-bond acceptors (Lipinski definition) is 3. The highest BCUT2D eigenvalue weighted by molar-refractivity contribution is 5.32. The van der Waals surface area contributed by atoms with Crippen molar-refractivity contribution in [2.75, 3.05) is 7.11 Å². The summed E-state index contributed by atoms with van der Waals surface area (Å²) in [7, 11) is 1.42. The van der Waals surface area contributed by atoms with Crippen LogP contribution in [0.25, 0.3) is 0 Å². The third kappa shape index (κ3) is 3.25. The van der Waals surface area contributed by atoms with Gasteiger partial charge in [-0.1, -0.05) is 25.3 Å². The molecule has 0 bridgehead atoms. The second-order valence-corrected chi connectivity index (χ2v) is 5.31. The highest BCUT2D eigenvalue weighted by Gasteiger charge is 2.28. The van der Waals surface area contributed by atoms with Crippen LogP contribution in [0.15, 0.2) is 18.2 Å². The van der Waals surface area contributed by atoms with Crippen molar-refractivity contribution in [2.45, 2.75) is 44.2 Å². The van der Waals surface area contributed by atoms with E-state index < -0.39 is 18.0 Å². The minimum Gasteiger partial charge on any atom is -0.494 e. The quantitative estimate of drug-likeness (QED) is 0.882. The van der Waals surface area contributed by atoms with E-state index >= 15 is 0 Å². The van der Waals surface area contributed by atoms with Gasteiger partial charge in [-0.05, 0) is 36.5 Å². The molecular weight excluding hydrogens is 245 g/mol. The molecule has 1 saturated carbocycles. The molecule has 1 aromatic carbocycles. The van der Waals surface area contributed by atoms with E-state index in [1.165, 1.54) is 19.6 Å². The molecule has 0 heterocycles. The highest BCUT2D eigenvalue weighted by atomic mass is 19.1. The molecule has 106 valence electrons. The largest absolute Gasteiger partial charge is 0.494 e. The summed E-state index contributed by atoms with van der Waals surface area (Å²) in [5, 5.41) is 10.4. The highest BCUT2D eigenvalue weighted by Crippen LogP contribution is 2.32. The van der Waals surface area contributed by atoms with E-state index in [1.807, 2.05) is 0 Å². The van der Waals surface area contributed by atoms with E-state index in [2.05, 4.69) is 0 Å². The van der Waals surface area contributed by atoms with Crippen molar-refractivity contribution in [3.05, 3.63) is 29.6 Å². The summed E-state index contributed by atoms with van der Waals surface area (Å²) < 4.78 is 18.3. The van der Waals surface area contributed by atoms with Gasteiger partial charge in [0.25, 0.3) is 0 Å². The third-order valence-corrected chi connectivity index (χ3v) is 4.06. The predicted octanol–water partition coefficient (Wildman–Crippen LogP) is 2.78. The van der Waals surface area contributed by atoms with Gasteiger partial charge in [-0.2, -0.15) is 0 Å². The van der Waals surface area contributed by atoms with Crippen molar-refractivity contribution >= 4 is 0 Å². The van der Waals surface area contributed by atoms with E-state index in [-0.39, 0.29) is 11.7 Å². The van der Waals surface area contributed by atoms with Crippen LogP contribution in [0.3, 0.4) is 0 Å². The molecule has 1 aliphatic rings. The molecular formula is C15H22FNO2. The number of aliphatic hydroxyl groups is 1. The van der Waals surface area contributed by atoms with Crippen molar-refractivity contribution in [2.24, 2.45) is 11.7 Å². The van der Waals surface area contributed by atoms with Crippen molar-refractivity contribution in [3.8, 4) is 5.75 Å². The van der Waals surface area contributed by atoms with Crippen LogP contribution in [0.1, 0.15) is 43.7 Å². The molecule has 0 amide bonds. The van der Waals surface area contributed by atoms with Crippen LogP contribution in [0, 0.1) is 11.7 Å². The Balaban J connectivity index is 2.11. The molecule has 1 aliphatic carbocycles. The van der Waals surface area contributed by atoms with Gasteiger partial charge in [0.2, 0.25) is 0 Å². The van der Waals surface area contributed by atoms with E-state index in [0.29, 0.717) is 0 Å². The number of rotatable bonds is 4. The molecule has 3 N–H and O–H groups in total. The van der Waals surface area contributed by atoms with Crippen LogP contribution in [0.4, 0.5) is 4.39 Å². The summed E-state index contributed by atoms with van der Waals surface area (Å²) in [4.78, 5) is 0. The Labute approximate surface area is 113 Å². The Morgan fingerprint density at radius 2 is 2.00 bits per heavy atom. The van der Waals surface area contributed by atoms with Gasteiger partial charge in [0, 0.05) is 0 Å². The van der Waals surface area contributed by atoms with Crippen LogP contribution in [-0.4, -0.2) is 18.3 Å². The third-order valence-electron chi connectivity index (χ3n) is 4.06. The number of benzene rings is 1. The summed E-state index contributed by atoms with van der Waals surface area (Å²) >= 11 is 0. The fourth-order valence-corrected chi connectivity index (χ4v) is 2.85. The van der Waals surface area contributed by atoms with Gasteiger partial charge >= 0.3 is 0 Å². The topological polar surface area (TPSA) is 55.5 Å². The molecule has 0 radical (unpaired) electrons. The molecule has 1 aromatic rings. The molecule has 4 heteroatoms. The van der Waals surface area contributed by atoms with Gasteiger partial charge in [-0.3, -0.25) is 0 Å². The maximum atomic E-state index is 13.4. The molecule has 0 unspecified atom stereocenters. The van der Waals surface area contributed by atoms with Gasteiger partial charge in [0.15, 0.2) is 11.6 Å². The van der Waals surface area contributed by atoms with Crippen molar-refractivity contribution in [3.63, 3.8) is 0 Å². The summed E-state index contributed by atoms with van der Waals surface area (Å²) in [5.41, 5.74) is 6.83. The Kier molecular flexibility index (Phi) is 4.77. The summed E-state index contributed by atoms with van der Waals surface area (Å²) in [6, 6.07) is 4.04. The normalized spacial score (nSPS) is 20.0. The number of hydrogen-bond donors (Lipinski definition) is 2. The summed E-state index contributed by atoms with van der Waals surface area (Å²) in [5.74, 6) is 0.00852. The van der Waals surface area contributed by atoms with Crippen LogP contribution in [0.5, 0.6) is 5.75 Å². The molecule has 2 atom stereocenters. The lowest BCUT2D eigenvalue weighted by Crippen LogP contribution is -2.34. The SMILES string of the molecule is COc1cc([C@@H](N)[C@@H](O)C2CCCCC2)ccc1F. The molecule has 0 saturated heterocycles. The summed E-state index contributed by atoms with van der Waals surface area (Å²) in [6.45, 7) is 0. The minimum atomic E-state index is -0.574. The first-order chi connectivity index (χ1) is 9.13. The first-order valence-corrected chi connectivity index (χ1v) is 6.90. The smallest absolute Gasteiger partial charge is 0.165 e. The molecule has 2 rings (SSSR count). The zero-order chi connectivity index (χ0) is 13.8. The second kappa shape index (κ2) is 6.35. The van der Waals surface area contributed by atoms with Crippen LogP contribution in [-0.2, 0) is 0 Å². The van der Waals surface area contributed by atoms with Gasteiger partial charge in [-0.15, -0.1) is 0 Å². The van der Waals surface area contributed by atoms with Gasteiger partial charge in [-0.25, -0.2) is 4.39 Å². The molecule has 1 fully saturated rings. The van der Waals surface area contributed by atoms with E-state index in [0.717, 1.165) is 31.2 Å². The van der Waals surface area contributed by atoms with Crippen molar-refractivity contribution in [1.82, 2.24) is 0 Å². The number of ether oxygens (including phenoxy) is 1. The standard InChI is InChI=1S/C15H22FNO2/c1-19-13-9-11(7-8-12(13)16)14(17)15(18)10-5-3-2-4-6-10/h7-10,14-15,18H,2-6,17H2,1H3/t14-,15+/m1/s1. The zero-order valence-corrected chi connectivity index (χ0v) is 11.3. The van der Waals surface area contributed by atoms with E-state index in [1.54, 1.807) is 12.1 Å². The average molecular weight is 267 g/mol. The molecule has 3 nitrogen and oxygen atoms in total. The first kappa shape index (κ1) is 14.3.